The molecule has 1 aliphatic heterocycles. The average Bonchev–Trinajstić information content (AvgIpc) is 2.96. The molecule has 0 aliphatic carbocycles. The molecule has 2 aromatic carbocycles. The number of methoxy groups -OCH3 is 1. The number of amides is 1. The third kappa shape index (κ3) is 5.57. The van der Waals surface area contributed by atoms with Crippen molar-refractivity contribution in [1.29, 1.82) is 0 Å². The molecule has 0 saturated heterocycles. The summed E-state index contributed by atoms with van der Waals surface area (Å²) < 4.78 is 25.0. The Morgan fingerprint density at radius 3 is 2.72 bits per heavy atom. The zero-order valence-electron chi connectivity index (χ0n) is 21.7. The molecule has 1 atom stereocenters. The van der Waals surface area contributed by atoms with Gasteiger partial charge in [-0.2, -0.15) is 4.98 Å². The number of halogens is 1. The van der Waals surface area contributed by atoms with Crippen molar-refractivity contribution in [3.8, 4) is 28.8 Å². The second-order valence-electron chi connectivity index (χ2n) is 8.99. The summed E-state index contributed by atoms with van der Waals surface area (Å²) in [7, 11) is 1.59. The molecule has 2 aromatic heterocycles. The molecule has 0 radical (unpaired) electrons. The van der Waals surface area contributed by atoms with E-state index in [9.17, 15) is 14.3 Å². The first-order valence-corrected chi connectivity index (χ1v) is 13.3. The number of thioether (sulfide) groups is 1. The van der Waals surface area contributed by atoms with Gasteiger partial charge < -0.3 is 19.9 Å². The van der Waals surface area contributed by atoms with Crippen LogP contribution in [0.5, 0.6) is 17.4 Å². The van der Waals surface area contributed by atoms with E-state index in [4.69, 9.17) is 19.4 Å². The van der Waals surface area contributed by atoms with Gasteiger partial charge in [-0.15, -0.1) is 0 Å². The van der Waals surface area contributed by atoms with Gasteiger partial charge in [0.25, 0.3) is 0 Å². The van der Waals surface area contributed by atoms with E-state index >= 15 is 0 Å². The molecule has 1 aliphatic rings. The van der Waals surface area contributed by atoms with Crippen LogP contribution >= 0.6 is 11.8 Å². The molecule has 0 bridgehead atoms. The van der Waals surface area contributed by atoms with Gasteiger partial charge >= 0.3 is 0 Å². The summed E-state index contributed by atoms with van der Waals surface area (Å²) in [6.45, 7) is 3.58. The average molecular weight is 547 g/mol. The van der Waals surface area contributed by atoms with Crippen LogP contribution in [-0.2, 0) is 17.8 Å². The van der Waals surface area contributed by atoms with E-state index in [1.807, 2.05) is 38.1 Å². The topological polar surface area (TPSA) is 106 Å². The van der Waals surface area contributed by atoms with Crippen LogP contribution in [0.1, 0.15) is 35.7 Å². The lowest BCUT2D eigenvalue weighted by molar-refractivity contribution is -0.115. The number of aromatic nitrogens is 3. The summed E-state index contributed by atoms with van der Waals surface area (Å²) in [4.78, 5) is 27.2. The number of hydrogen-bond acceptors (Lipinski definition) is 8. The number of carbonyl (C=O) groups excluding carboxylic acids is 1. The van der Waals surface area contributed by atoms with Gasteiger partial charge in [0.05, 0.1) is 30.2 Å². The predicted octanol–water partition coefficient (Wildman–Crippen LogP) is 5.69. The fraction of sp³-hybridized carbons (Fsp3) is 0.241. The van der Waals surface area contributed by atoms with E-state index in [1.54, 1.807) is 13.3 Å². The number of anilines is 1. The standard InChI is InChI=1S/C29H27FN4O4S/c1-4-24(27(36)32-20-10-8-19(30)9-11-20)39-29-23-13-22-18(15-35)14-31-16(2)25(22)38-28(23)33-26(34-29)17-6-5-7-21(12-17)37-3/h5-12,14,24,35H,4,13,15H2,1-3H3,(H,32,36). The van der Waals surface area contributed by atoms with E-state index < -0.39 is 5.25 Å². The Balaban J connectivity index is 1.55. The highest BCUT2D eigenvalue weighted by Crippen LogP contribution is 2.43. The molecule has 1 unspecified atom stereocenters. The lowest BCUT2D eigenvalue weighted by Gasteiger charge is -2.25. The van der Waals surface area contributed by atoms with Crippen LogP contribution < -0.4 is 14.8 Å². The first-order chi connectivity index (χ1) is 18.9. The smallest absolute Gasteiger partial charge is 0.237 e. The van der Waals surface area contributed by atoms with Crippen molar-refractivity contribution in [3.63, 3.8) is 0 Å². The zero-order chi connectivity index (χ0) is 27.5. The fourth-order valence-electron chi connectivity index (χ4n) is 4.30. The van der Waals surface area contributed by atoms with Gasteiger partial charge in [-0.3, -0.25) is 9.78 Å². The van der Waals surface area contributed by atoms with Gasteiger partial charge in [0.15, 0.2) is 11.6 Å². The maximum Gasteiger partial charge on any atom is 0.237 e. The number of aryl methyl sites for hydroxylation is 1. The van der Waals surface area contributed by atoms with Crippen molar-refractivity contribution in [2.45, 2.75) is 43.6 Å². The summed E-state index contributed by atoms with van der Waals surface area (Å²) in [5.41, 5.74) is 4.14. The van der Waals surface area contributed by atoms with Crippen LogP contribution in [0.25, 0.3) is 11.4 Å². The minimum absolute atomic E-state index is 0.183. The van der Waals surface area contributed by atoms with Gasteiger partial charge in [0, 0.05) is 35.0 Å². The van der Waals surface area contributed by atoms with E-state index in [-0.39, 0.29) is 18.3 Å². The van der Waals surface area contributed by atoms with E-state index in [2.05, 4.69) is 10.3 Å². The number of nitrogens with zero attached hydrogens (tertiary/aromatic N) is 3. The summed E-state index contributed by atoms with van der Waals surface area (Å²) in [5.74, 6) is 1.44. The number of benzene rings is 2. The van der Waals surface area contributed by atoms with Crippen LogP contribution in [-0.4, -0.2) is 38.3 Å². The van der Waals surface area contributed by atoms with Crippen molar-refractivity contribution in [3.05, 3.63) is 82.9 Å². The number of carbonyl (C=O) groups is 1. The maximum atomic E-state index is 13.3. The summed E-state index contributed by atoms with van der Waals surface area (Å²) in [6, 6.07) is 13.1. The molecule has 0 saturated carbocycles. The molecule has 0 spiro atoms. The summed E-state index contributed by atoms with van der Waals surface area (Å²) in [6.07, 6.45) is 2.58. The van der Waals surface area contributed by atoms with Crippen LogP contribution in [0.2, 0.25) is 0 Å². The van der Waals surface area contributed by atoms with Gasteiger partial charge in [-0.1, -0.05) is 30.8 Å². The predicted molar refractivity (Wildman–Crippen MR) is 147 cm³/mol. The van der Waals surface area contributed by atoms with E-state index in [0.29, 0.717) is 58.0 Å². The van der Waals surface area contributed by atoms with Gasteiger partial charge in [0.1, 0.15) is 16.6 Å². The lowest BCUT2D eigenvalue weighted by Crippen LogP contribution is -2.25. The lowest BCUT2D eigenvalue weighted by atomic mass is 9.99. The van der Waals surface area contributed by atoms with Gasteiger partial charge in [-0.25, -0.2) is 9.37 Å². The first kappa shape index (κ1) is 26.6. The third-order valence-electron chi connectivity index (χ3n) is 6.42. The zero-order valence-corrected chi connectivity index (χ0v) is 22.5. The number of aliphatic hydroxyl groups is 1. The largest absolute Gasteiger partial charge is 0.497 e. The molecule has 4 aromatic rings. The number of ether oxygens (including phenoxy) is 2. The van der Waals surface area contributed by atoms with Gasteiger partial charge in [0.2, 0.25) is 11.8 Å². The number of pyridine rings is 1. The fourth-order valence-corrected chi connectivity index (χ4v) is 5.34. The molecule has 1 amide bonds. The molecule has 0 fully saturated rings. The van der Waals surface area contributed by atoms with Crippen LogP contribution in [0.3, 0.4) is 0 Å². The van der Waals surface area contributed by atoms with Crippen molar-refractivity contribution in [2.75, 3.05) is 12.4 Å². The summed E-state index contributed by atoms with van der Waals surface area (Å²) in [5, 5.41) is 12.9. The normalized spacial score (nSPS) is 12.6. The van der Waals surface area contributed by atoms with Crippen molar-refractivity contribution < 1.29 is 23.8 Å². The highest BCUT2D eigenvalue weighted by Gasteiger charge is 2.30. The highest BCUT2D eigenvalue weighted by molar-refractivity contribution is 8.00. The number of hydrogen-bond donors (Lipinski definition) is 2. The SMILES string of the molecule is CCC(Sc1nc(-c2cccc(OC)c2)nc2c1Cc1c(CO)cnc(C)c1O2)C(=O)Nc1ccc(F)cc1. The number of aliphatic hydroxyl groups excluding tert-OH is 1. The molecule has 39 heavy (non-hydrogen) atoms. The number of nitrogens with one attached hydrogen (secondary N) is 1. The van der Waals surface area contributed by atoms with E-state index in [0.717, 1.165) is 16.7 Å². The molecule has 3 heterocycles. The molecule has 5 rings (SSSR count). The van der Waals surface area contributed by atoms with Crippen LogP contribution in [0.15, 0.2) is 59.8 Å². The molecule has 8 nitrogen and oxygen atoms in total. The Morgan fingerprint density at radius 2 is 2.00 bits per heavy atom. The second-order valence-corrected chi connectivity index (χ2v) is 10.2. The Bertz CT molecular complexity index is 1530. The number of fused-ring (bicyclic) bond motifs is 2. The molecular formula is C29H27FN4O4S. The van der Waals surface area contributed by atoms with Crippen LogP contribution in [0, 0.1) is 12.7 Å². The van der Waals surface area contributed by atoms with Gasteiger partial charge in [-0.05, 0) is 49.7 Å². The molecular weight excluding hydrogens is 519 g/mol. The van der Waals surface area contributed by atoms with Crippen molar-refractivity contribution in [2.24, 2.45) is 0 Å². The van der Waals surface area contributed by atoms with E-state index in [1.165, 1.54) is 36.0 Å². The Morgan fingerprint density at radius 1 is 1.21 bits per heavy atom. The third-order valence-corrected chi connectivity index (χ3v) is 7.81. The molecule has 2 N–H and O–H groups in total. The molecule has 200 valence electrons. The Kier molecular flexibility index (Phi) is 7.76. The Hall–Kier alpha value is -4.02. The summed E-state index contributed by atoms with van der Waals surface area (Å²) >= 11 is 1.32. The van der Waals surface area contributed by atoms with Crippen molar-refractivity contribution in [1.82, 2.24) is 15.0 Å². The second kappa shape index (κ2) is 11.4. The highest BCUT2D eigenvalue weighted by atomic mass is 32.2. The van der Waals surface area contributed by atoms with Crippen LogP contribution in [0.4, 0.5) is 10.1 Å². The van der Waals surface area contributed by atoms with Crippen molar-refractivity contribution >= 4 is 23.4 Å². The first-order valence-electron chi connectivity index (χ1n) is 12.4. The Labute approximate surface area is 229 Å². The minimum atomic E-state index is -0.495. The maximum absolute atomic E-state index is 13.3. The monoisotopic (exact) mass is 546 g/mol. The molecule has 10 heteroatoms. The minimum Gasteiger partial charge on any atom is -0.497 e. The number of rotatable bonds is 8. The quantitative estimate of drug-likeness (QED) is 0.189.